The highest BCUT2D eigenvalue weighted by Crippen LogP contribution is 2.24. The van der Waals surface area contributed by atoms with E-state index in [9.17, 15) is 9.50 Å². The zero-order chi connectivity index (χ0) is 14.5. The van der Waals surface area contributed by atoms with Crippen molar-refractivity contribution in [2.24, 2.45) is 0 Å². The highest BCUT2D eigenvalue weighted by atomic mass is 19.1. The third-order valence-corrected chi connectivity index (χ3v) is 3.25. The molecule has 2 aromatic rings. The van der Waals surface area contributed by atoms with Crippen molar-refractivity contribution in [3.63, 3.8) is 0 Å². The second-order valence-electron chi connectivity index (χ2n) is 5.07. The maximum atomic E-state index is 13.7. The van der Waals surface area contributed by atoms with Gasteiger partial charge in [-0.3, -0.25) is 0 Å². The summed E-state index contributed by atoms with van der Waals surface area (Å²) in [7, 11) is 0. The van der Waals surface area contributed by atoms with E-state index in [4.69, 9.17) is 4.74 Å². The Kier molecular flexibility index (Phi) is 4.74. The van der Waals surface area contributed by atoms with Crippen LogP contribution in [0.1, 0.15) is 36.5 Å². The van der Waals surface area contributed by atoms with Crippen LogP contribution >= 0.6 is 0 Å². The lowest BCUT2D eigenvalue weighted by molar-refractivity contribution is 0.251. The van der Waals surface area contributed by atoms with Gasteiger partial charge in [0.05, 0.1) is 6.61 Å². The third kappa shape index (κ3) is 3.36. The number of aliphatic hydroxyl groups is 1. The van der Waals surface area contributed by atoms with Gasteiger partial charge < -0.3 is 9.84 Å². The molecule has 2 aromatic carbocycles. The largest absolute Gasteiger partial charge is 0.485 e. The van der Waals surface area contributed by atoms with Crippen LogP contribution in [0.15, 0.2) is 42.5 Å². The van der Waals surface area contributed by atoms with Gasteiger partial charge in [-0.2, -0.15) is 0 Å². The normalized spacial score (nSPS) is 10.8. The van der Waals surface area contributed by atoms with Crippen molar-refractivity contribution < 1.29 is 14.2 Å². The van der Waals surface area contributed by atoms with E-state index in [1.165, 1.54) is 11.6 Å². The van der Waals surface area contributed by atoms with E-state index in [1.807, 2.05) is 12.1 Å². The first kappa shape index (κ1) is 14.5. The lowest BCUT2D eigenvalue weighted by Crippen LogP contribution is -2.01. The van der Waals surface area contributed by atoms with E-state index in [0.29, 0.717) is 11.5 Å². The smallest absolute Gasteiger partial charge is 0.165 e. The Morgan fingerprint density at radius 2 is 1.80 bits per heavy atom. The summed E-state index contributed by atoms with van der Waals surface area (Å²) in [6.45, 7) is 4.32. The number of hydrogen-bond donors (Lipinski definition) is 1. The summed E-state index contributed by atoms with van der Waals surface area (Å²) in [5.41, 5.74) is 2.70. The van der Waals surface area contributed by atoms with Gasteiger partial charge in [-0.1, -0.05) is 50.2 Å². The van der Waals surface area contributed by atoms with E-state index in [0.717, 1.165) is 5.56 Å². The molecule has 0 fully saturated rings. The second-order valence-corrected chi connectivity index (χ2v) is 5.07. The summed E-state index contributed by atoms with van der Waals surface area (Å²) in [5.74, 6) is 0.163. The molecule has 0 radical (unpaired) electrons. The maximum absolute atomic E-state index is 13.7. The molecule has 0 aliphatic heterocycles. The molecule has 0 saturated heterocycles. The Bertz CT molecular complexity index is 562. The average molecular weight is 274 g/mol. The summed E-state index contributed by atoms with van der Waals surface area (Å²) in [4.78, 5) is 0. The molecule has 0 spiro atoms. The Morgan fingerprint density at radius 1 is 1.10 bits per heavy atom. The van der Waals surface area contributed by atoms with Gasteiger partial charge >= 0.3 is 0 Å². The summed E-state index contributed by atoms with van der Waals surface area (Å²) in [6, 6.07) is 12.6. The van der Waals surface area contributed by atoms with Gasteiger partial charge in [0.2, 0.25) is 0 Å². The number of halogens is 1. The SMILES string of the molecule is CC(C)c1ccc(COc2c(F)cccc2CO)cc1. The van der Waals surface area contributed by atoms with Crippen LogP contribution in [0.3, 0.4) is 0 Å². The molecule has 0 aliphatic rings. The van der Waals surface area contributed by atoms with Crippen LogP contribution in [-0.4, -0.2) is 5.11 Å². The Hall–Kier alpha value is -1.87. The minimum atomic E-state index is -0.449. The monoisotopic (exact) mass is 274 g/mol. The molecule has 3 heteroatoms. The van der Waals surface area contributed by atoms with Crippen LogP contribution in [0.2, 0.25) is 0 Å². The van der Waals surface area contributed by atoms with Crippen LogP contribution in [0, 0.1) is 5.82 Å². The molecule has 0 amide bonds. The zero-order valence-corrected chi connectivity index (χ0v) is 11.8. The lowest BCUT2D eigenvalue weighted by atomic mass is 10.0. The lowest BCUT2D eigenvalue weighted by Gasteiger charge is -2.12. The van der Waals surface area contributed by atoms with Crippen molar-refractivity contribution in [1.82, 2.24) is 0 Å². The molecular weight excluding hydrogens is 255 g/mol. The number of aliphatic hydroxyl groups excluding tert-OH is 1. The van der Waals surface area contributed by atoms with Gasteiger partial charge in [-0.15, -0.1) is 0 Å². The zero-order valence-electron chi connectivity index (χ0n) is 11.8. The number of benzene rings is 2. The predicted octanol–water partition coefficient (Wildman–Crippen LogP) is 4.02. The van der Waals surface area contributed by atoms with Crippen molar-refractivity contribution in [2.45, 2.75) is 33.0 Å². The van der Waals surface area contributed by atoms with Gasteiger partial charge in [-0.25, -0.2) is 4.39 Å². The molecular formula is C17H19FO2. The van der Waals surface area contributed by atoms with Crippen molar-refractivity contribution in [2.75, 3.05) is 0 Å². The first-order chi connectivity index (χ1) is 9.61. The topological polar surface area (TPSA) is 29.5 Å². The highest BCUT2D eigenvalue weighted by Gasteiger charge is 2.09. The molecule has 0 unspecified atom stereocenters. The van der Waals surface area contributed by atoms with Crippen molar-refractivity contribution in [1.29, 1.82) is 0 Å². The molecule has 20 heavy (non-hydrogen) atoms. The van der Waals surface area contributed by atoms with Gasteiger partial charge in [0, 0.05) is 5.56 Å². The van der Waals surface area contributed by atoms with E-state index < -0.39 is 5.82 Å². The average Bonchev–Trinajstić information content (AvgIpc) is 2.46. The standard InChI is InChI=1S/C17H19FO2/c1-12(2)14-8-6-13(7-9-14)11-20-17-15(10-19)4-3-5-16(17)18/h3-9,12,19H,10-11H2,1-2H3. The number of para-hydroxylation sites is 1. The molecule has 106 valence electrons. The van der Waals surface area contributed by atoms with E-state index >= 15 is 0 Å². The minimum Gasteiger partial charge on any atom is -0.485 e. The van der Waals surface area contributed by atoms with E-state index in [1.54, 1.807) is 12.1 Å². The van der Waals surface area contributed by atoms with Gasteiger partial charge in [0.25, 0.3) is 0 Å². The predicted molar refractivity (Wildman–Crippen MR) is 77.2 cm³/mol. The van der Waals surface area contributed by atoms with Crippen LogP contribution in [0.5, 0.6) is 5.75 Å². The van der Waals surface area contributed by atoms with Crippen LogP contribution in [0.25, 0.3) is 0 Å². The Balaban J connectivity index is 2.09. The Labute approximate surface area is 118 Å². The maximum Gasteiger partial charge on any atom is 0.165 e. The van der Waals surface area contributed by atoms with E-state index in [-0.39, 0.29) is 19.0 Å². The molecule has 0 aromatic heterocycles. The van der Waals surface area contributed by atoms with Gasteiger partial charge in [0.15, 0.2) is 11.6 Å². The first-order valence-corrected chi connectivity index (χ1v) is 6.71. The van der Waals surface area contributed by atoms with Gasteiger partial charge in [0.1, 0.15) is 6.61 Å². The number of ether oxygens (including phenoxy) is 1. The summed E-state index contributed by atoms with van der Waals surface area (Å²) < 4.78 is 19.2. The molecule has 0 bridgehead atoms. The fourth-order valence-electron chi connectivity index (χ4n) is 1.99. The quantitative estimate of drug-likeness (QED) is 0.892. The van der Waals surface area contributed by atoms with Crippen LogP contribution < -0.4 is 4.74 Å². The molecule has 0 atom stereocenters. The summed E-state index contributed by atoms with van der Waals surface area (Å²) in [5, 5.41) is 9.19. The fourth-order valence-corrected chi connectivity index (χ4v) is 1.99. The van der Waals surface area contributed by atoms with Crippen molar-refractivity contribution in [3.8, 4) is 5.75 Å². The highest BCUT2D eigenvalue weighted by molar-refractivity contribution is 5.35. The Morgan fingerprint density at radius 3 is 2.40 bits per heavy atom. The minimum absolute atomic E-state index is 0.128. The van der Waals surface area contributed by atoms with Crippen LogP contribution in [-0.2, 0) is 13.2 Å². The molecule has 0 saturated carbocycles. The number of rotatable bonds is 5. The summed E-state index contributed by atoms with van der Waals surface area (Å²) >= 11 is 0. The molecule has 0 aliphatic carbocycles. The molecule has 1 N–H and O–H groups in total. The van der Waals surface area contributed by atoms with E-state index in [2.05, 4.69) is 26.0 Å². The summed E-state index contributed by atoms with van der Waals surface area (Å²) in [6.07, 6.45) is 0. The molecule has 0 heterocycles. The second kappa shape index (κ2) is 6.53. The van der Waals surface area contributed by atoms with Crippen molar-refractivity contribution >= 4 is 0 Å². The van der Waals surface area contributed by atoms with Crippen LogP contribution in [0.4, 0.5) is 4.39 Å². The van der Waals surface area contributed by atoms with Gasteiger partial charge in [-0.05, 0) is 23.1 Å². The molecule has 2 rings (SSSR count). The third-order valence-electron chi connectivity index (χ3n) is 3.25. The number of hydrogen-bond acceptors (Lipinski definition) is 2. The first-order valence-electron chi connectivity index (χ1n) is 6.71. The molecule has 2 nitrogen and oxygen atoms in total. The van der Waals surface area contributed by atoms with Crippen molar-refractivity contribution in [3.05, 3.63) is 65.0 Å². The fraction of sp³-hybridized carbons (Fsp3) is 0.294.